The molecule has 0 saturated heterocycles. The number of thiazole rings is 1. The van der Waals surface area contributed by atoms with E-state index in [9.17, 15) is 4.79 Å². The number of para-hydroxylation sites is 1. The van der Waals surface area contributed by atoms with Crippen LogP contribution in [-0.2, 0) is 10.5 Å². The van der Waals surface area contributed by atoms with Gasteiger partial charge in [0.2, 0.25) is 11.8 Å². The van der Waals surface area contributed by atoms with Gasteiger partial charge in [-0.2, -0.15) is 0 Å². The first-order chi connectivity index (χ1) is 10.6. The number of carbonyl (C=O) groups excluding carboxylic acids is 1. The van der Waals surface area contributed by atoms with Crippen molar-refractivity contribution in [1.82, 2.24) is 10.1 Å². The molecule has 0 aliphatic rings. The summed E-state index contributed by atoms with van der Waals surface area (Å²) in [6.07, 6.45) is 0. The first-order valence-corrected chi connectivity index (χ1v) is 8.68. The van der Waals surface area contributed by atoms with Crippen molar-refractivity contribution in [1.29, 1.82) is 0 Å². The minimum atomic E-state index is -0.197. The van der Waals surface area contributed by atoms with E-state index >= 15 is 0 Å². The Hall–Kier alpha value is -1.86. The summed E-state index contributed by atoms with van der Waals surface area (Å²) in [6, 6.07) is 9.75. The van der Waals surface area contributed by atoms with E-state index in [4.69, 9.17) is 4.52 Å². The maximum absolute atomic E-state index is 12.1. The van der Waals surface area contributed by atoms with Crippen molar-refractivity contribution in [2.24, 2.45) is 0 Å². The fourth-order valence-corrected chi connectivity index (χ4v) is 3.77. The van der Waals surface area contributed by atoms with Crippen LogP contribution in [0.5, 0.6) is 0 Å². The summed E-state index contributed by atoms with van der Waals surface area (Å²) in [5.41, 5.74) is 1.75. The molecule has 0 radical (unpaired) electrons. The summed E-state index contributed by atoms with van der Waals surface area (Å²) in [6.45, 7) is 3.68. The molecular weight excluding hydrogens is 318 g/mol. The van der Waals surface area contributed by atoms with Gasteiger partial charge in [-0.1, -0.05) is 17.3 Å². The number of nitrogens with one attached hydrogen (secondary N) is 1. The topological polar surface area (TPSA) is 68.0 Å². The molecule has 0 saturated carbocycles. The molecule has 1 atom stereocenters. The average Bonchev–Trinajstić information content (AvgIpc) is 3.10. The number of nitrogens with zero attached hydrogens (tertiary/aromatic N) is 2. The number of aryl methyl sites for hydroxylation is 1. The molecule has 1 unspecified atom stereocenters. The summed E-state index contributed by atoms with van der Waals surface area (Å²) in [7, 11) is 0. The van der Waals surface area contributed by atoms with Crippen molar-refractivity contribution in [3.05, 3.63) is 41.0 Å². The first kappa shape index (κ1) is 15.1. The second-order valence-corrected chi connectivity index (χ2v) is 7.29. The normalized spacial score (nSPS) is 12.5. The molecule has 1 aromatic carbocycles. The Bertz CT molecular complexity index is 764. The van der Waals surface area contributed by atoms with Gasteiger partial charge in [0.1, 0.15) is 5.01 Å². The van der Waals surface area contributed by atoms with Gasteiger partial charge in [0.05, 0.1) is 21.2 Å². The van der Waals surface area contributed by atoms with Gasteiger partial charge in [-0.25, -0.2) is 4.98 Å². The Kier molecular flexibility index (Phi) is 4.44. The van der Waals surface area contributed by atoms with E-state index < -0.39 is 0 Å². The molecule has 5 nitrogen and oxygen atoms in total. The van der Waals surface area contributed by atoms with Crippen LogP contribution >= 0.6 is 23.1 Å². The highest BCUT2D eigenvalue weighted by molar-refractivity contribution is 7.99. The zero-order chi connectivity index (χ0) is 15.5. The largest absolute Gasteiger partial charge is 0.338 e. The lowest BCUT2D eigenvalue weighted by Gasteiger charge is -2.08. The van der Waals surface area contributed by atoms with Crippen LogP contribution in [0.1, 0.15) is 17.6 Å². The lowest BCUT2D eigenvalue weighted by molar-refractivity contribution is -0.115. The molecule has 7 heteroatoms. The molecule has 2 aromatic heterocycles. The summed E-state index contributed by atoms with van der Waals surface area (Å²) in [4.78, 5) is 16.6. The van der Waals surface area contributed by atoms with E-state index in [1.807, 2.05) is 32.0 Å². The van der Waals surface area contributed by atoms with Crippen molar-refractivity contribution in [2.45, 2.75) is 24.9 Å². The number of thioether (sulfide) groups is 1. The predicted molar refractivity (Wildman–Crippen MR) is 90.2 cm³/mol. The Morgan fingerprint density at radius 3 is 3.00 bits per heavy atom. The van der Waals surface area contributed by atoms with Crippen LogP contribution in [-0.4, -0.2) is 21.3 Å². The zero-order valence-electron chi connectivity index (χ0n) is 12.2. The highest BCUT2D eigenvalue weighted by atomic mass is 32.2. The van der Waals surface area contributed by atoms with Crippen molar-refractivity contribution in [3.63, 3.8) is 0 Å². The highest BCUT2D eigenvalue weighted by Crippen LogP contribution is 2.26. The van der Waals surface area contributed by atoms with E-state index in [2.05, 4.69) is 21.5 Å². The third kappa shape index (κ3) is 3.48. The number of amides is 1. The molecule has 0 bridgehead atoms. The van der Waals surface area contributed by atoms with E-state index in [1.165, 1.54) is 4.70 Å². The fourth-order valence-electron chi connectivity index (χ4n) is 1.90. The Balaban J connectivity index is 1.57. The molecule has 22 heavy (non-hydrogen) atoms. The van der Waals surface area contributed by atoms with Crippen LogP contribution < -0.4 is 5.32 Å². The molecule has 1 amide bonds. The number of hydrogen-bond acceptors (Lipinski definition) is 6. The lowest BCUT2D eigenvalue weighted by Crippen LogP contribution is -2.22. The Labute approximate surface area is 136 Å². The molecule has 0 fully saturated rings. The van der Waals surface area contributed by atoms with Crippen molar-refractivity contribution >= 4 is 45.1 Å². The molecule has 3 rings (SSSR count). The number of aromatic nitrogens is 2. The molecule has 2 heterocycles. The highest BCUT2D eigenvalue weighted by Gasteiger charge is 2.16. The van der Waals surface area contributed by atoms with Crippen molar-refractivity contribution in [3.8, 4) is 0 Å². The maximum Gasteiger partial charge on any atom is 0.239 e. The van der Waals surface area contributed by atoms with Crippen molar-refractivity contribution in [2.75, 3.05) is 5.32 Å². The molecule has 0 aliphatic heterocycles. The van der Waals surface area contributed by atoms with E-state index in [1.54, 1.807) is 29.2 Å². The minimum absolute atomic E-state index is 0.0951. The minimum Gasteiger partial charge on any atom is -0.338 e. The van der Waals surface area contributed by atoms with Gasteiger partial charge in [0, 0.05) is 11.8 Å². The standard InChI is InChI=1S/C15H15N3O2S2/c1-9-7-13(20-18-9)17-15(19)10(2)21-8-14-16-11-5-3-4-6-12(11)22-14/h3-7,10H,8H2,1-2H3,(H,17,19). The zero-order valence-corrected chi connectivity index (χ0v) is 13.8. The maximum atomic E-state index is 12.1. The van der Waals surface area contributed by atoms with Gasteiger partial charge in [-0.05, 0) is 26.0 Å². The number of rotatable bonds is 5. The van der Waals surface area contributed by atoms with E-state index in [-0.39, 0.29) is 11.2 Å². The van der Waals surface area contributed by atoms with Crippen molar-refractivity contribution < 1.29 is 9.32 Å². The van der Waals surface area contributed by atoms with Crippen LogP contribution in [0.15, 0.2) is 34.9 Å². The third-order valence-corrected chi connectivity index (χ3v) is 5.41. The van der Waals surface area contributed by atoms with Gasteiger partial charge < -0.3 is 4.52 Å². The van der Waals surface area contributed by atoms with Crippen LogP contribution in [0, 0.1) is 6.92 Å². The number of anilines is 1. The van der Waals surface area contributed by atoms with Gasteiger partial charge in [0.15, 0.2) is 0 Å². The molecule has 3 aromatic rings. The number of benzene rings is 1. The van der Waals surface area contributed by atoms with Gasteiger partial charge in [-0.3, -0.25) is 10.1 Å². The van der Waals surface area contributed by atoms with Crippen LogP contribution in [0.4, 0.5) is 5.88 Å². The number of carbonyl (C=O) groups is 1. The monoisotopic (exact) mass is 333 g/mol. The molecule has 1 N–H and O–H groups in total. The molecule has 0 aliphatic carbocycles. The quantitative estimate of drug-likeness (QED) is 0.768. The van der Waals surface area contributed by atoms with Gasteiger partial charge in [0.25, 0.3) is 0 Å². The predicted octanol–water partition coefficient (Wildman–Crippen LogP) is 3.85. The Morgan fingerprint density at radius 2 is 2.27 bits per heavy atom. The lowest BCUT2D eigenvalue weighted by atomic mass is 10.3. The smallest absolute Gasteiger partial charge is 0.239 e. The average molecular weight is 333 g/mol. The summed E-state index contributed by atoms with van der Waals surface area (Å²) in [5.74, 6) is 1.00. The number of hydrogen-bond donors (Lipinski definition) is 1. The second-order valence-electron chi connectivity index (χ2n) is 4.85. The first-order valence-electron chi connectivity index (χ1n) is 6.82. The van der Waals surface area contributed by atoms with E-state index in [0.717, 1.165) is 16.2 Å². The van der Waals surface area contributed by atoms with Crippen LogP contribution in [0.25, 0.3) is 10.2 Å². The second kappa shape index (κ2) is 6.50. The van der Waals surface area contributed by atoms with Crippen LogP contribution in [0.2, 0.25) is 0 Å². The molecular formula is C15H15N3O2S2. The molecule has 0 spiro atoms. The van der Waals surface area contributed by atoms with Gasteiger partial charge >= 0.3 is 0 Å². The summed E-state index contributed by atoms with van der Waals surface area (Å²) < 4.78 is 6.16. The molecule has 114 valence electrons. The number of fused-ring (bicyclic) bond motifs is 1. The third-order valence-electron chi connectivity index (χ3n) is 3.04. The Morgan fingerprint density at radius 1 is 1.45 bits per heavy atom. The summed E-state index contributed by atoms with van der Waals surface area (Å²) >= 11 is 3.22. The van der Waals surface area contributed by atoms with Crippen LogP contribution in [0.3, 0.4) is 0 Å². The van der Waals surface area contributed by atoms with Gasteiger partial charge in [-0.15, -0.1) is 23.1 Å². The van der Waals surface area contributed by atoms with E-state index in [0.29, 0.717) is 11.6 Å². The SMILES string of the molecule is Cc1cc(NC(=O)C(C)SCc2nc3ccccc3s2)on1. The fraction of sp³-hybridized carbons (Fsp3) is 0.267. The summed E-state index contributed by atoms with van der Waals surface area (Å²) in [5, 5.41) is 7.29.